The van der Waals surface area contributed by atoms with Gasteiger partial charge in [0.2, 0.25) is 9.84 Å². The van der Waals surface area contributed by atoms with Crippen molar-refractivity contribution in [2.24, 2.45) is 5.92 Å². The number of benzene rings is 1. The van der Waals surface area contributed by atoms with Gasteiger partial charge in [0.25, 0.3) is 5.91 Å². The first-order valence-corrected chi connectivity index (χ1v) is 10.3. The number of carbonyl (C=O) groups excluding carboxylic acids is 1. The summed E-state index contributed by atoms with van der Waals surface area (Å²) in [6.45, 7) is 2.67. The van der Waals surface area contributed by atoms with Crippen LogP contribution in [0.3, 0.4) is 0 Å². The fourth-order valence-corrected chi connectivity index (χ4v) is 5.39. The van der Waals surface area contributed by atoms with E-state index in [1.54, 1.807) is 36.4 Å². The summed E-state index contributed by atoms with van der Waals surface area (Å²) in [4.78, 5) is 12.9. The van der Waals surface area contributed by atoms with E-state index in [0.717, 1.165) is 37.3 Å². The topological polar surface area (TPSA) is 75.3 Å². The molecule has 0 radical (unpaired) electrons. The van der Waals surface area contributed by atoms with Gasteiger partial charge < -0.3 is 10.6 Å². The molecule has 5 nitrogen and oxygen atoms in total. The molecule has 0 spiro atoms. The lowest BCUT2D eigenvalue weighted by Gasteiger charge is -2.08. The summed E-state index contributed by atoms with van der Waals surface area (Å²) >= 11 is 1.01. The second-order valence-electron chi connectivity index (χ2n) is 5.84. The smallest absolute Gasteiger partial charge is 0.261 e. The van der Waals surface area contributed by atoms with Gasteiger partial charge in [0.1, 0.15) is 4.21 Å². The van der Waals surface area contributed by atoms with Crippen LogP contribution in [0.2, 0.25) is 0 Å². The maximum absolute atomic E-state index is 12.5. The molecule has 1 fully saturated rings. The maximum atomic E-state index is 12.5. The number of carbonyl (C=O) groups is 1. The zero-order valence-electron chi connectivity index (χ0n) is 13.2. The summed E-state index contributed by atoms with van der Waals surface area (Å²) in [5.74, 6) is 0.406. The molecule has 3 rings (SSSR count). The summed E-state index contributed by atoms with van der Waals surface area (Å²) in [5.41, 5.74) is 0. The van der Waals surface area contributed by atoms with Crippen LogP contribution in [0.5, 0.6) is 0 Å². The van der Waals surface area contributed by atoms with Crippen molar-refractivity contribution >= 4 is 27.1 Å². The van der Waals surface area contributed by atoms with Gasteiger partial charge >= 0.3 is 0 Å². The molecule has 2 N–H and O–H groups in total. The fraction of sp³-hybridized carbons (Fsp3) is 0.353. The molecule has 7 heteroatoms. The van der Waals surface area contributed by atoms with Crippen LogP contribution >= 0.6 is 11.3 Å². The predicted molar refractivity (Wildman–Crippen MR) is 94.1 cm³/mol. The van der Waals surface area contributed by atoms with Crippen LogP contribution in [-0.4, -0.2) is 34.0 Å². The Balaban J connectivity index is 1.63. The molecule has 2 heterocycles. The normalized spacial score (nSPS) is 17.8. The molecule has 1 aliphatic rings. The molecule has 1 amide bonds. The number of rotatable bonds is 6. The van der Waals surface area contributed by atoms with Gasteiger partial charge in [0.05, 0.1) is 9.77 Å². The van der Waals surface area contributed by atoms with Crippen molar-refractivity contribution in [1.82, 2.24) is 10.6 Å². The predicted octanol–water partition coefficient (Wildman–Crippen LogP) is 2.31. The van der Waals surface area contributed by atoms with Crippen molar-refractivity contribution in [3.63, 3.8) is 0 Å². The second-order valence-corrected chi connectivity index (χ2v) is 9.10. The molecule has 1 aromatic carbocycles. The van der Waals surface area contributed by atoms with Gasteiger partial charge in [-0.3, -0.25) is 4.79 Å². The van der Waals surface area contributed by atoms with Gasteiger partial charge in [-0.2, -0.15) is 0 Å². The van der Waals surface area contributed by atoms with E-state index in [4.69, 9.17) is 0 Å². The molecule has 0 aliphatic carbocycles. The summed E-state index contributed by atoms with van der Waals surface area (Å²) in [5, 5.41) is 6.18. The molecule has 1 aromatic heterocycles. The zero-order valence-corrected chi connectivity index (χ0v) is 14.8. The fourth-order valence-electron chi connectivity index (χ4n) is 2.74. The van der Waals surface area contributed by atoms with Gasteiger partial charge in [-0.05, 0) is 56.1 Å². The monoisotopic (exact) mass is 364 g/mol. The standard InChI is InChI=1S/C17H20N2O3S2/c20-17(19-11-9-13-8-10-18-12-13)15-6-7-16(23-15)24(21,22)14-4-2-1-3-5-14/h1-7,13,18H,8-12H2,(H,19,20). The molecule has 128 valence electrons. The van der Waals surface area contributed by atoms with E-state index < -0.39 is 9.84 Å². The van der Waals surface area contributed by atoms with E-state index in [9.17, 15) is 13.2 Å². The highest BCUT2D eigenvalue weighted by atomic mass is 32.2. The lowest BCUT2D eigenvalue weighted by atomic mass is 10.1. The van der Waals surface area contributed by atoms with Crippen molar-refractivity contribution in [2.45, 2.75) is 21.9 Å². The Hall–Kier alpha value is -1.70. The summed E-state index contributed by atoms with van der Waals surface area (Å²) in [6.07, 6.45) is 2.09. The van der Waals surface area contributed by atoms with Crippen molar-refractivity contribution in [3.8, 4) is 0 Å². The lowest BCUT2D eigenvalue weighted by molar-refractivity contribution is 0.0955. The number of amides is 1. The van der Waals surface area contributed by atoms with E-state index in [-0.39, 0.29) is 15.0 Å². The Kier molecular flexibility index (Phi) is 5.33. The SMILES string of the molecule is O=C(NCCC1CCNC1)c1ccc(S(=O)(=O)c2ccccc2)s1. The van der Waals surface area contributed by atoms with Crippen LogP contribution in [0.15, 0.2) is 51.6 Å². The molecule has 2 aromatic rings. The Labute approximate surface area is 146 Å². The highest BCUT2D eigenvalue weighted by Gasteiger charge is 2.21. The molecule has 0 saturated carbocycles. The Morgan fingerprint density at radius 1 is 1.21 bits per heavy atom. The molecule has 0 bridgehead atoms. The minimum atomic E-state index is -3.55. The average Bonchev–Trinajstić information content (AvgIpc) is 3.27. The second kappa shape index (κ2) is 7.46. The quantitative estimate of drug-likeness (QED) is 0.825. The van der Waals surface area contributed by atoms with Crippen LogP contribution in [0.1, 0.15) is 22.5 Å². The number of hydrogen-bond acceptors (Lipinski definition) is 5. The van der Waals surface area contributed by atoms with Crippen molar-refractivity contribution in [3.05, 3.63) is 47.3 Å². The zero-order chi connectivity index (χ0) is 17.0. The minimum absolute atomic E-state index is 0.193. The first kappa shape index (κ1) is 17.1. The van der Waals surface area contributed by atoms with Crippen molar-refractivity contribution in [2.75, 3.05) is 19.6 Å². The van der Waals surface area contributed by atoms with Gasteiger partial charge in [0.15, 0.2) is 0 Å². The van der Waals surface area contributed by atoms with E-state index in [1.807, 2.05) is 0 Å². The van der Waals surface area contributed by atoms with Crippen LogP contribution in [0.4, 0.5) is 0 Å². The van der Waals surface area contributed by atoms with E-state index in [1.165, 1.54) is 6.07 Å². The molecule has 1 aliphatic heterocycles. The van der Waals surface area contributed by atoms with Crippen LogP contribution in [-0.2, 0) is 9.84 Å². The Bertz CT molecular complexity index is 794. The first-order chi connectivity index (χ1) is 11.6. The number of nitrogens with one attached hydrogen (secondary N) is 2. The van der Waals surface area contributed by atoms with Crippen molar-refractivity contribution in [1.29, 1.82) is 0 Å². The molecule has 1 saturated heterocycles. The van der Waals surface area contributed by atoms with Gasteiger partial charge in [-0.25, -0.2) is 8.42 Å². The number of hydrogen-bond donors (Lipinski definition) is 2. The third-order valence-electron chi connectivity index (χ3n) is 4.12. The Morgan fingerprint density at radius 3 is 2.71 bits per heavy atom. The summed E-state index contributed by atoms with van der Waals surface area (Å²) in [7, 11) is -3.55. The van der Waals surface area contributed by atoms with Crippen LogP contribution in [0, 0.1) is 5.92 Å². The van der Waals surface area contributed by atoms with Gasteiger partial charge in [-0.15, -0.1) is 11.3 Å². The summed E-state index contributed by atoms with van der Waals surface area (Å²) < 4.78 is 25.3. The largest absolute Gasteiger partial charge is 0.351 e. The third-order valence-corrected chi connectivity index (χ3v) is 7.47. The molecule has 1 atom stereocenters. The summed E-state index contributed by atoms with van der Waals surface area (Å²) in [6, 6.07) is 11.3. The molecule has 24 heavy (non-hydrogen) atoms. The van der Waals surface area contributed by atoms with E-state index >= 15 is 0 Å². The molecular weight excluding hydrogens is 344 g/mol. The van der Waals surface area contributed by atoms with Gasteiger partial charge in [0, 0.05) is 6.54 Å². The van der Waals surface area contributed by atoms with Crippen molar-refractivity contribution < 1.29 is 13.2 Å². The van der Waals surface area contributed by atoms with Gasteiger partial charge in [-0.1, -0.05) is 18.2 Å². The minimum Gasteiger partial charge on any atom is -0.351 e. The van der Waals surface area contributed by atoms with E-state index in [2.05, 4.69) is 10.6 Å². The average molecular weight is 364 g/mol. The maximum Gasteiger partial charge on any atom is 0.261 e. The highest BCUT2D eigenvalue weighted by Crippen LogP contribution is 2.27. The molecular formula is C17H20N2O3S2. The van der Waals surface area contributed by atoms with Crippen LogP contribution in [0.25, 0.3) is 0 Å². The molecule has 1 unspecified atom stereocenters. The third kappa shape index (κ3) is 3.85. The Morgan fingerprint density at radius 2 is 2.00 bits per heavy atom. The van der Waals surface area contributed by atoms with Crippen LogP contribution < -0.4 is 10.6 Å². The lowest BCUT2D eigenvalue weighted by Crippen LogP contribution is -2.25. The highest BCUT2D eigenvalue weighted by molar-refractivity contribution is 7.93. The number of sulfone groups is 1. The first-order valence-electron chi connectivity index (χ1n) is 7.96. The van der Waals surface area contributed by atoms with E-state index in [0.29, 0.717) is 17.3 Å². The number of thiophene rings is 1.